The summed E-state index contributed by atoms with van der Waals surface area (Å²) in [6.45, 7) is 5.57. The summed E-state index contributed by atoms with van der Waals surface area (Å²) in [7, 11) is 0. The summed E-state index contributed by atoms with van der Waals surface area (Å²) in [6.07, 6.45) is 3.17. The van der Waals surface area contributed by atoms with Crippen molar-refractivity contribution < 1.29 is 4.79 Å². The van der Waals surface area contributed by atoms with E-state index in [4.69, 9.17) is 28.2 Å². The first-order chi connectivity index (χ1) is 12.5. The van der Waals surface area contributed by atoms with Crippen LogP contribution < -0.4 is 0 Å². The second-order valence-electron chi connectivity index (χ2n) is 7.57. The Morgan fingerprint density at radius 3 is 2.73 bits per heavy atom. The summed E-state index contributed by atoms with van der Waals surface area (Å²) in [5.74, 6) is 2.67. The van der Waals surface area contributed by atoms with E-state index >= 15 is 0 Å². The molecule has 0 unspecified atom stereocenters. The van der Waals surface area contributed by atoms with Crippen LogP contribution in [0.25, 0.3) is 0 Å². The van der Waals surface area contributed by atoms with Gasteiger partial charge in [0.2, 0.25) is 0 Å². The van der Waals surface area contributed by atoms with Crippen LogP contribution in [0.2, 0.25) is 10.0 Å². The standard InChI is InChI=1S/C19H22Cl2N4O/c1-11(2)10-15-18-22-17(12-6-7-12)23-25(18)9-8-24(15)19(26)13-4-3-5-14(20)16(13)21/h3-5,11-12,15H,6-10H2,1-2H3/t15-/m0/s1. The Kier molecular flexibility index (Phi) is 4.70. The minimum absolute atomic E-state index is 0.0914. The van der Waals surface area contributed by atoms with E-state index in [-0.39, 0.29) is 11.9 Å². The first kappa shape index (κ1) is 17.8. The Bertz CT molecular complexity index is 844. The maximum Gasteiger partial charge on any atom is 0.256 e. The fourth-order valence-corrected chi connectivity index (χ4v) is 3.92. The number of carbonyl (C=O) groups is 1. The van der Waals surface area contributed by atoms with Crippen LogP contribution in [0.1, 0.15) is 67.1 Å². The van der Waals surface area contributed by atoms with Gasteiger partial charge in [0.05, 0.1) is 28.2 Å². The highest BCUT2D eigenvalue weighted by Gasteiger charge is 2.37. The lowest BCUT2D eigenvalue weighted by atomic mass is 9.99. The van der Waals surface area contributed by atoms with Crippen LogP contribution in [0.5, 0.6) is 0 Å². The summed E-state index contributed by atoms with van der Waals surface area (Å²) >= 11 is 12.4. The van der Waals surface area contributed by atoms with Gasteiger partial charge in [-0.05, 0) is 37.3 Å². The van der Waals surface area contributed by atoms with E-state index in [0.29, 0.717) is 40.5 Å². The van der Waals surface area contributed by atoms with Crippen molar-refractivity contribution in [2.75, 3.05) is 6.54 Å². The first-order valence-corrected chi connectivity index (χ1v) is 9.91. The second-order valence-corrected chi connectivity index (χ2v) is 8.36. The van der Waals surface area contributed by atoms with E-state index in [1.807, 2.05) is 9.58 Å². The molecule has 1 aliphatic heterocycles. The van der Waals surface area contributed by atoms with Crippen molar-refractivity contribution in [2.45, 2.75) is 51.6 Å². The molecule has 0 bridgehead atoms. The third-order valence-electron chi connectivity index (χ3n) is 5.02. The van der Waals surface area contributed by atoms with E-state index in [1.54, 1.807) is 18.2 Å². The van der Waals surface area contributed by atoms with Crippen molar-refractivity contribution in [1.82, 2.24) is 19.7 Å². The molecule has 5 nitrogen and oxygen atoms in total. The van der Waals surface area contributed by atoms with Crippen LogP contribution in [0.4, 0.5) is 0 Å². The highest BCUT2D eigenvalue weighted by Crippen LogP contribution is 2.40. The van der Waals surface area contributed by atoms with E-state index in [9.17, 15) is 4.79 Å². The molecular weight excluding hydrogens is 371 g/mol. The number of carbonyl (C=O) groups excluding carboxylic acids is 1. The van der Waals surface area contributed by atoms with Crippen LogP contribution in [0.15, 0.2) is 18.2 Å². The van der Waals surface area contributed by atoms with Gasteiger partial charge in [-0.3, -0.25) is 4.79 Å². The molecular formula is C19H22Cl2N4O. The number of hydrogen-bond acceptors (Lipinski definition) is 3. The number of nitrogens with zero attached hydrogens (tertiary/aromatic N) is 4. The molecule has 0 spiro atoms. The lowest BCUT2D eigenvalue weighted by molar-refractivity contribution is 0.0578. The minimum Gasteiger partial charge on any atom is -0.326 e. The summed E-state index contributed by atoms with van der Waals surface area (Å²) in [6, 6.07) is 5.10. The van der Waals surface area contributed by atoms with Crippen molar-refractivity contribution >= 4 is 29.1 Å². The highest BCUT2D eigenvalue weighted by atomic mass is 35.5. The summed E-state index contributed by atoms with van der Waals surface area (Å²) in [5.41, 5.74) is 0.448. The number of aromatic nitrogens is 3. The van der Waals surface area contributed by atoms with Crippen LogP contribution >= 0.6 is 23.2 Å². The predicted molar refractivity (Wildman–Crippen MR) is 102 cm³/mol. The molecule has 2 aliphatic rings. The van der Waals surface area contributed by atoms with Crippen molar-refractivity contribution in [3.8, 4) is 0 Å². The molecule has 1 fully saturated rings. The Balaban J connectivity index is 1.70. The van der Waals surface area contributed by atoms with Crippen LogP contribution in [-0.4, -0.2) is 32.1 Å². The molecule has 0 N–H and O–H groups in total. The molecule has 1 saturated carbocycles. The van der Waals surface area contributed by atoms with Gasteiger partial charge < -0.3 is 4.90 Å². The Morgan fingerprint density at radius 2 is 2.04 bits per heavy atom. The first-order valence-electron chi connectivity index (χ1n) is 9.15. The van der Waals surface area contributed by atoms with Crippen molar-refractivity contribution in [3.63, 3.8) is 0 Å². The zero-order valence-electron chi connectivity index (χ0n) is 15.0. The van der Waals surface area contributed by atoms with Gasteiger partial charge in [0.25, 0.3) is 5.91 Å². The summed E-state index contributed by atoms with van der Waals surface area (Å²) in [4.78, 5) is 20.0. The maximum atomic E-state index is 13.3. The molecule has 0 saturated heterocycles. The van der Waals surface area contributed by atoms with Gasteiger partial charge in [0.1, 0.15) is 5.82 Å². The van der Waals surface area contributed by atoms with Gasteiger partial charge in [-0.15, -0.1) is 0 Å². The zero-order valence-corrected chi connectivity index (χ0v) is 16.5. The number of fused-ring (bicyclic) bond motifs is 1. The van der Waals surface area contributed by atoms with E-state index < -0.39 is 0 Å². The third kappa shape index (κ3) is 3.23. The monoisotopic (exact) mass is 392 g/mol. The van der Waals surface area contributed by atoms with Crippen LogP contribution in [-0.2, 0) is 6.54 Å². The Labute approximate surface area is 163 Å². The largest absolute Gasteiger partial charge is 0.326 e. The normalized spacial score (nSPS) is 19.7. The third-order valence-corrected chi connectivity index (χ3v) is 5.84. The lowest BCUT2D eigenvalue weighted by Gasteiger charge is -2.36. The van der Waals surface area contributed by atoms with Crippen molar-refractivity contribution in [2.24, 2.45) is 5.92 Å². The van der Waals surface area contributed by atoms with Gasteiger partial charge in [-0.1, -0.05) is 43.1 Å². The molecule has 26 heavy (non-hydrogen) atoms. The smallest absolute Gasteiger partial charge is 0.256 e. The number of halogens is 2. The molecule has 1 atom stereocenters. The molecule has 2 aromatic rings. The Morgan fingerprint density at radius 1 is 1.27 bits per heavy atom. The quantitative estimate of drug-likeness (QED) is 0.756. The Hall–Kier alpha value is -1.59. The topological polar surface area (TPSA) is 51.0 Å². The van der Waals surface area contributed by atoms with Crippen LogP contribution in [0, 0.1) is 5.92 Å². The van der Waals surface area contributed by atoms with E-state index in [2.05, 4.69) is 18.9 Å². The molecule has 1 amide bonds. The number of benzene rings is 1. The van der Waals surface area contributed by atoms with Gasteiger partial charge in [0, 0.05) is 12.5 Å². The average molecular weight is 393 g/mol. The fourth-order valence-electron chi connectivity index (χ4n) is 3.54. The number of hydrogen-bond donors (Lipinski definition) is 0. The second kappa shape index (κ2) is 6.86. The maximum absolute atomic E-state index is 13.3. The molecule has 1 aliphatic carbocycles. The molecule has 1 aromatic carbocycles. The van der Waals surface area contributed by atoms with Gasteiger partial charge >= 0.3 is 0 Å². The molecule has 2 heterocycles. The average Bonchev–Trinajstić information content (AvgIpc) is 3.36. The van der Waals surface area contributed by atoms with E-state index in [0.717, 1.165) is 18.1 Å². The highest BCUT2D eigenvalue weighted by molar-refractivity contribution is 6.43. The minimum atomic E-state index is -0.0922. The lowest BCUT2D eigenvalue weighted by Crippen LogP contribution is -2.43. The fraction of sp³-hybridized carbons (Fsp3) is 0.526. The zero-order chi connectivity index (χ0) is 18.4. The number of amides is 1. The van der Waals surface area contributed by atoms with Crippen molar-refractivity contribution in [3.05, 3.63) is 45.5 Å². The number of rotatable bonds is 4. The van der Waals surface area contributed by atoms with E-state index in [1.165, 1.54) is 12.8 Å². The predicted octanol–water partition coefficient (Wildman–Crippen LogP) is 4.71. The molecule has 4 rings (SSSR count). The molecule has 0 radical (unpaired) electrons. The van der Waals surface area contributed by atoms with Crippen molar-refractivity contribution in [1.29, 1.82) is 0 Å². The van der Waals surface area contributed by atoms with Gasteiger partial charge in [0.15, 0.2) is 5.82 Å². The molecule has 7 heteroatoms. The molecule has 138 valence electrons. The van der Waals surface area contributed by atoms with Gasteiger partial charge in [-0.2, -0.15) is 5.10 Å². The van der Waals surface area contributed by atoms with Gasteiger partial charge in [-0.25, -0.2) is 9.67 Å². The summed E-state index contributed by atoms with van der Waals surface area (Å²) < 4.78 is 1.99. The van der Waals surface area contributed by atoms with Crippen LogP contribution in [0.3, 0.4) is 0 Å². The summed E-state index contributed by atoms with van der Waals surface area (Å²) in [5, 5.41) is 5.40. The molecule has 1 aromatic heterocycles. The SMILES string of the molecule is CC(C)C[C@H]1c2nc(C3CC3)nn2CCN1C(=O)c1cccc(Cl)c1Cl.